The lowest BCUT2D eigenvalue weighted by atomic mass is 10.1. The van der Waals surface area contributed by atoms with Gasteiger partial charge in [-0.05, 0) is 85.6 Å². The van der Waals surface area contributed by atoms with Gasteiger partial charge in [0.2, 0.25) is 0 Å². The van der Waals surface area contributed by atoms with E-state index in [9.17, 15) is 0 Å². The van der Waals surface area contributed by atoms with Crippen molar-refractivity contribution in [3.05, 3.63) is 114 Å². The van der Waals surface area contributed by atoms with Gasteiger partial charge in [-0.25, -0.2) is 5.32 Å². The molecule has 0 bridgehead atoms. The molecule has 4 aromatic carbocycles. The highest BCUT2D eigenvalue weighted by Crippen LogP contribution is 2.35. The normalized spacial score (nSPS) is 10.5. The molecular formula is C26H23N2. The Kier molecular flexibility index (Phi) is 5.11. The van der Waals surface area contributed by atoms with Crippen LogP contribution in [-0.2, 0) is 0 Å². The third-order valence-corrected chi connectivity index (χ3v) is 4.64. The molecule has 0 aliphatic heterocycles. The smallest absolute Gasteiger partial charge is 0.0638 e. The second-order valence-electron chi connectivity index (χ2n) is 6.98. The Balaban J connectivity index is 1.70. The molecule has 0 fully saturated rings. The number of nitrogens with zero attached hydrogens (tertiary/aromatic N) is 2. The molecule has 4 aromatic rings. The summed E-state index contributed by atoms with van der Waals surface area (Å²) >= 11 is 0. The predicted octanol–water partition coefficient (Wildman–Crippen LogP) is 7.34. The molecule has 2 heteroatoms. The fraction of sp³-hybridized carbons (Fsp3) is 0.0769. The monoisotopic (exact) mass is 363 g/mol. The summed E-state index contributed by atoms with van der Waals surface area (Å²) in [4.78, 5) is 2.28. The number of anilines is 3. The summed E-state index contributed by atoms with van der Waals surface area (Å²) in [5, 5.41) is 4.70. The highest BCUT2D eigenvalue weighted by molar-refractivity contribution is 5.77. The topological polar surface area (TPSA) is 17.3 Å². The van der Waals surface area contributed by atoms with Crippen molar-refractivity contribution in [2.75, 3.05) is 4.90 Å². The van der Waals surface area contributed by atoms with E-state index in [0.717, 1.165) is 28.4 Å². The van der Waals surface area contributed by atoms with Crippen LogP contribution >= 0.6 is 0 Å². The molecule has 0 amide bonds. The molecule has 2 nitrogen and oxygen atoms in total. The first-order valence-corrected chi connectivity index (χ1v) is 9.49. The molecule has 1 radical (unpaired) electrons. The lowest BCUT2D eigenvalue weighted by molar-refractivity contribution is 1.18. The first-order valence-electron chi connectivity index (χ1n) is 9.49. The molecule has 0 N–H and O–H groups in total. The van der Waals surface area contributed by atoms with E-state index in [1.807, 2.05) is 30.3 Å². The molecule has 0 saturated carbocycles. The van der Waals surface area contributed by atoms with E-state index in [-0.39, 0.29) is 0 Å². The molecule has 0 aromatic heterocycles. The third-order valence-electron chi connectivity index (χ3n) is 4.64. The highest BCUT2D eigenvalue weighted by atomic mass is 15.1. The summed E-state index contributed by atoms with van der Waals surface area (Å²) in [5.74, 6) is 0. The van der Waals surface area contributed by atoms with Gasteiger partial charge < -0.3 is 4.90 Å². The van der Waals surface area contributed by atoms with Crippen LogP contribution in [0.25, 0.3) is 0 Å². The maximum Gasteiger partial charge on any atom is 0.0638 e. The molecule has 0 unspecified atom stereocenters. The van der Waals surface area contributed by atoms with Crippen LogP contribution < -0.4 is 10.2 Å². The second kappa shape index (κ2) is 8.01. The lowest BCUT2D eigenvalue weighted by Crippen LogP contribution is -2.10. The largest absolute Gasteiger partial charge is 0.310 e. The van der Waals surface area contributed by atoms with Crippen LogP contribution in [0.15, 0.2) is 103 Å². The fourth-order valence-corrected chi connectivity index (χ4v) is 3.31. The minimum Gasteiger partial charge on any atom is -0.310 e. The number of aryl methyl sites for hydroxylation is 2. The average molecular weight is 363 g/mol. The van der Waals surface area contributed by atoms with Gasteiger partial charge in [0.1, 0.15) is 0 Å². The van der Waals surface area contributed by atoms with E-state index in [1.165, 1.54) is 11.1 Å². The molecule has 0 aliphatic carbocycles. The zero-order chi connectivity index (χ0) is 19.3. The number of hydrogen-bond donors (Lipinski definition) is 0. The van der Waals surface area contributed by atoms with Gasteiger partial charge in [-0.1, -0.05) is 42.5 Å². The standard InChI is InChI=1S/C26H23N2/c1-20-8-6-12-25(18-20)28(26-13-7-9-21(2)19-26)24-16-14-23(15-17-24)27-22-10-4-3-5-11-22/h3-19H,1-2H3. The van der Waals surface area contributed by atoms with Crippen molar-refractivity contribution in [2.45, 2.75) is 13.8 Å². The Morgan fingerprint density at radius 2 is 1.04 bits per heavy atom. The summed E-state index contributed by atoms with van der Waals surface area (Å²) in [6.45, 7) is 4.25. The zero-order valence-electron chi connectivity index (χ0n) is 16.2. The van der Waals surface area contributed by atoms with E-state index in [4.69, 9.17) is 5.32 Å². The SMILES string of the molecule is Cc1cccc(N(c2ccc([N]c3ccccc3)cc2)c2cccc(C)c2)c1. The molecular weight excluding hydrogens is 340 g/mol. The Hall–Kier alpha value is -3.52. The van der Waals surface area contributed by atoms with Crippen molar-refractivity contribution in [1.82, 2.24) is 5.32 Å². The quantitative estimate of drug-likeness (QED) is 0.362. The van der Waals surface area contributed by atoms with Crippen LogP contribution in [0.2, 0.25) is 0 Å². The van der Waals surface area contributed by atoms with Crippen molar-refractivity contribution < 1.29 is 0 Å². The van der Waals surface area contributed by atoms with Crippen LogP contribution in [0, 0.1) is 13.8 Å². The summed E-state index contributed by atoms with van der Waals surface area (Å²) in [7, 11) is 0. The van der Waals surface area contributed by atoms with Gasteiger partial charge in [-0.15, -0.1) is 0 Å². The summed E-state index contributed by atoms with van der Waals surface area (Å²) in [6, 6.07) is 35.6. The number of para-hydroxylation sites is 1. The van der Waals surface area contributed by atoms with Crippen LogP contribution in [-0.4, -0.2) is 0 Å². The van der Waals surface area contributed by atoms with E-state index < -0.39 is 0 Å². The lowest BCUT2D eigenvalue weighted by Gasteiger charge is -2.26. The third kappa shape index (κ3) is 4.07. The number of benzene rings is 4. The zero-order valence-corrected chi connectivity index (χ0v) is 16.2. The maximum atomic E-state index is 4.70. The van der Waals surface area contributed by atoms with Crippen LogP contribution in [0.3, 0.4) is 0 Å². The van der Waals surface area contributed by atoms with Crippen molar-refractivity contribution in [3.63, 3.8) is 0 Å². The highest BCUT2D eigenvalue weighted by Gasteiger charge is 2.13. The van der Waals surface area contributed by atoms with Crippen molar-refractivity contribution >= 4 is 28.4 Å². The first-order chi connectivity index (χ1) is 13.7. The Bertz CT molecular complexity index is 1010. The molecule has 0 saturated heterocycles. The Morgan fingerprint density at radius 3 is 1.57 bits per heavy atom. The van der Waals surface area contributed by atoms with Gasteiger partial charge in [0, 0.05) is 17.1 Å². The molecule has 0 aliphatic rings. The van der Waals surface area contributed by atoms with Gasteiger partial charge in [0.05, 0.1) is 11.4 Å². The molecule has 28 heavy (non-hydrogen) atoms. The van der Waals surface area contributed by atoms with Crippen LogP contribution in [0.1, 0.15) is 11.1 Å². The number of rotatable bonds is 5. The average Bonchev–Trinajstić information content (AvgIpc) is 2.71. The van der Waals surface area contributed by atoms with E-state index in [0.29, 0.717) is 0 Å². The van der Waals surface area contributed by atoms with Gasteiger partial charge >= 0.3 is 0 Å². The van der Waals surface area contributed by atoms with E-state index in [2.05, 4.69) is 91.5 Å². The Morgan fingerprint density at radius 1 is 0.500 bits per heavy atom. The maximum absolute atomic E-state index is 4.70. The van der Waals surface area contributed by atoms with Crippen molar-refractivity contribution in [3.8, 4) is 0 Å². The summed E-state index contributed by atoms with van der Waals surface area (Å²) in [6.07, 6.45) is 0. The molecule has 4 rings (SSSR count). The molecule has 0 heterocycles. The molecule has 0 spiro atoms. The Labute approximate surface area is 167 Å². The van der Waals surface area contributed by atoms with E-state index in [1.54, 1.807) is 0 Å². The van der Waals surface area contributed by atoms with Crippen LogP contribution in [0.5, 0.6) is 0 Å². The molecule has 0 atom stereocenters. The van der Waals surface area contributed by atoms with Gasteiger partial charge in [0.15, 0.2) is 0 Å². The molecule has 137 valence electrons. The predicted molar refractivity (Wildman–Crippen MR) is 118 cm³/mol. The minimum atomic E-state index is 0.948. The number of hydrogen-bond acceptors (Lipinski definition) is 1. The summed E-state index contributed by atoms with van der Waals surface area (Å²) in [5.41, 5.74) is 7.81. The van der Waals surface area contributed by atoms with E-state index >= 15 is 0 Å². The van der Waals surface area contributed by atoms with Crippen LogP contribution in [0.4, 0.5) is 28.4 Å². The summed E-state index contributed by atoms with van der Waals surface area (Å²) < 4.78 is 0. The second-order valence-corrected chi connectivity index (χ2v) is 6.98. The van der Waals surface area contributed by atoms with Crippen molar-refractivity contribution in [2.24, 2.45) is 0 Å². The fourth-order valence-electron chi connectivity index (χ4n) is 3.31. The first kappa shape index (κ1) is 17.9. The van der Waals surface area contributed by atoms with Gasteiger partial charge in [-0.2, -0.15) is 0 Å². The van der Waals surface area contributed by atoms with Crippen molar-refractivity contribution in [1.29, 1.82) is 0 Å². The van der Waals surface area contributed by atoms with Gasteiger partial charge in [-0.3, -0.25) is 0 Å². The van der Waals surface area contributed by atoms with Gasteiger partial charge in [0.25, 0.3) is 0 Å². The minimum absolute atomic E-state index is 0.948.